The van der Waals surface area contributed by atoms with Crippen LogP contribution in [0.5, 0.6) is 11.5 Å². The number of anilines is 1. The highest BCUT2D eigenvalue weighted by Crippen LogP contribution is 2.30. The molecule has 0 saturated carbocycles. The molecule has 0 atom stereocenters. The maximum absolute atomic E-state index is 12.7. The molecule has 0 unspecified atom stereocenters. The van der Waals surface area contributed by atoms with Crippen molar-refractivity contribution in [1.29, 1.82) is 0 Å². The van der Waals surface area contributed by atoms with E-state index in [-0.39, 0.29) is 12.5 Å². The van der Waals surface area contributed by atoms with Crippen molar-refractivity contribution in [3.05, 3.63) is 78.5 Å². The molecule has 2 aromatic carbocycles. The van der Waals surface area contributed by atoms with Crippen LogP contribution in [0.25, 0.3) is 16.9 Å². The quantitative estimate of drug-likeness (QED) is 0.486. The zero-order valence-corrected chi connectivity index (χ0v) is 17.0. The molecule has 0 fully saturated rings. The normalized spacial score (nSPS) is 10.7. The second-order valence-electron chi connectivity index (χ2n) is 6.78. The summed E-state index contributed by atoms with van der Waals surface area (Å²) in [6, 6.07) is 21.0. The van der Waals surface area contributed by atoms with Crippen molar-refractivity contribution in [1.82, 2.24) is 9.38 Å². The molecule has 6 nitrogen and oxygen atoms in total. The Balaban J connectivity index is 1.60. The van der Waals surface area contributed by atoms with Crippen LogP contribution >= 0.6 is 0 Å². The lowest BCUT2D eigenvalue weighted by molar-refractivity contribution is -0.118. The second-order valence-corrected chi connectivity index (χ2v) is 6.78. The van der Waals surface area contributed by atoms with Crippen molar-refractivity contribution in [3.8, 4) is 22.8 Å². The SMILES string of the molecule is CCOc1ccccc1OCC(=O)Nc1c(-c2ccccc2)nc2c(C)cccn12. The molecule has 1 N–H and O–H groups in total. The number of hydrogen-bond donors (Lipinski definition) is 1. The molecule has 152 valence electrons. The number of aryl methyl sites for hydroxylation is 1. The molecule has 0 radical (unpaired) electrons. The molecular formula is C24H23N3O3. The Morgan fingerprint density at radius 1 is 0.967 bits per heavy atom. The topological polar surface area (TPSA) is 64.9 Å². The average molecular weight is 401 g/mol. The Hall–Kier alpha value is -3.80. The molecule has 2 heterocycles. The number of amides is 1. The van der Waals surface area contributed by atoms with Gasteiger partial charge in [-0.15, -0.1) is 0 Å². The van der Waals surface area contributed by atoms with Crippen LogP contribution in [0.4, 0.5) is 5.82 Å². The van der Waals surface area contributed by atoms with Crippen LogP contribution in [-0.4, -0.2) is 28.5 Å². The minimum atomic E-state index is -0.276. The molecule has 0 aliphatic rings. The number of hydrogen-bond acceptors (Lipinski definition) is 4. The van der Waals surface area contributed by atoms with Gasteiger partial charge in [-0.2, -0.15) is 0 Å². The summed E-state index contributed by atoms with van der Waals surface area (Å²) in [4.78, 5) is 17.5. The molecule has 4 aromatic rings. The monoisotopic (exact) mass is 401 g/mol. The predicted molar refractivity (Wildman–Crippen MR) is 117 cm³/mol. The van der Waals surface area contributed by atoms with Crippen LogP contribution in [0.1, 0.15) is 12.5 Å². The van der Waals surface area contributed by atoms with Gasteiger partial charge in [-0.25, -0.2) is 4.98 Å². The first-order valence-electron chi connectivity index (χ1n) is 9.85. The predicted octanol–water partition coefficient (Wildman–Crippen LogP) is 4.73. The molecule has 0 bridgehead atoms. The number of carbonyl (C=O) groups is 1. The summed E-state index contributed by atoms with van der Waals surface area (Å²) < 4.78 is 13.2. The van der Waals surface area contributed by atoms with E-state index in [0.29, 0.717) is 29.6 Å². The number of benzene rings is 2. The number of para-hydroxylation sites is 2. The Morgan fingerprint density at radius 2 is 1.67 bits per heavy atom. The highest BCUT2D eigenvalue weighted by molar-refractivity contribution is 5.95. The summed E-state index contributed by atoms with van der Waals surface area (Å²) >= 11 is 0. The van der Waals surface area contributed by atoms with Crippen molar-refractivity contribution < 1.29 is 14.3 Å². The molecule has 1 amide bonds. The summed E-state index contributed by atoms with van der Waals surface area (Å²) in [5.74, 6) is 1.49. The van der Waals surface area contributed by atoms with Crippen LogP contribution in [0.2, 0.25) is 0 Å². The van der Waals surface area contributed by atoms with Crippen LogP contribution < -0.4 is 14.8 Å². The molecule has 30 heavy (non-hydrogen) atoms. The number of nitrogens with zero attached hydrogens (tertiary/aromatic N) is 2. The van der Waals surface area contributed by atoms with E-state index in [1.807, 2.05) is 85.1 Å². The van der Waals surface area contributed by atoms with Crippen molar-refractivity contribution >= 4 is 17.4 Å². The van der Waals surface area contributed by atoms with Gasteiger partial charge in [0.15, 0.2) is 18.1 Å². The lowest BCUT2D eigenvalue weighted by Gasteiger charge is -2.12. The first kappa shape index (κ1) is 19.5. The van der Waals surface area contributed by atoms with E-state index in [4.69, 9.17) is 14.5 Å². The highest BCUT2D eigenvalue weighted by Gasteiger charge is 2.18. The molecule has 6 heteroatoms. The third-order valence-electron chi connectivity index (χ3n) is 4.66. The number of ether oxygens (including phenoxy) is 2. The van der Waals surface area contributed by atoms with E-state index in [2.05, 4.69) is 5.32 Å². The van der Waals surface area contributed by atoms with E-state index in [1.54, 1.807) is 6.07 Å². The van der Waals surface area contributed by atoms with Crippen LogP contribution in [0.15, 0.2) is 72.9 Å². The Bertz CT molecular complexity index is 1170. The zero-order valence-electron chi connectivity index (χ0n) is 17.0. The average Bonchev–Trinajstić information content (AvgIpc) is 3.14. The van der Waals surface area contributed by atoms with E-state index in [1.165, 1.54) is 0 Å². The first-order chi connectivity index (χ1) is 14.7. The van der Waals surface area contributed by atoms with Gasteiger partial charge in [0.25, 0.3) is 5.91 Å². The van der Waals surface area contributed by atoms with E-state index in [0.717, 1.165) is 16.8 Å². The maximum Gasteiger partial charge on any atom is 0.263 e. The summed E-state index contributed by atoms with van der Waals surface area (Å²) in [5.41, 5.74) is 3.47. The van der Waals surface area contributed by atoms with Gasteiger partial charge >= 0.3 is 0 Å². The standard InChI is InChI=1S/C24H23N3O3/c1-3-29-19-13-7-8-14-20(19)30-16-21(28)25-24-22(18-11-5-4-6-12-18)26-23-17(2)10-9-15-27(23)24/h4-15H,3,16H2,1-2H3,(H,25,28). The molecule has 0 saturated heterocycles. The lowest BCUT2D eigenvalue weighted by atomic mass is 10.1. The van der Waals surface area contributed by atoms with Gasteiger partial charge in [-0.05, 0) is 37.6 Å². The number of rotatable bonds is 7. The Kier molecular flexibility index (Phi) is 5.66. The van der Waals surface area contributed by atoms with E-state index >= 15 is 0 Å². The summed E-state index contributed by atoms with van der Waals surface area (Å²) in [6.45, 7) is 4.28. The Labute approximate surface area is 175 Å². The summed E-state index contributed by atoms with van der Waals surface area (Å²) in [6.07, 6.45) is 1.89. The lowest BCUT2D eigenvalue weighted by Crippen LogP contribution is -2.21. The smallest absolute Gasteiger partial charge is 0.263 e. The summed E-state index contributed by atoms with van der Waals surface area (Å²) in [7, 11) is 0. The van der Waals surface area contributed by atoms with E-state index < -0.39 is 0 Å². The number of fused-ring (bicyclic) bond motifs is 1. The van der Waals surface area contributed by atoms with Gasteiger partial charge in [-0.1, -0.05) is 48.5 Å². The second kappa shape index (κ2) is 8.69. The highest BCUT2D eigenvalue weighted by atomic mass is 16.5. The largest absolute Gasteiger partial charge is 0.490 e. The van der Waals surface area contributed by atoms with Gasteiger partial charge in [0.05, 0.1) is 6.61 Å². The summed E-state index contributed by atoms with van der Waals surface area (Å²) in [5, 5.41) is 2.98. The van der Waals surface area contributed by atoms with Crippen molar-refractivity contribution in [2.24, 2.45) is 0 Å². The zero-order chi connectivity index (χ0) is 20.9. The number of nitrogens with one attached hydrogen (secondary N) is 1. The van der Waals surface area contributed by atoms with Crippen LogP contribution in [0, 0.1) is 6.92 Å². The molecule has 0 spiro atoms. The van der Waals surface area contributed by atoms with Crippen molar-refractivity contribution in [2.75, 3.05) is 18.5 Å². The van der Waals surface area contributed by atoms with Gasteiger partial charge in [0.2, 0.25) is 0 Å². The maximum atomic E-state index is 12.7. The molecule has 4 rings (SSSR count). The van der Waals surface area contributed by atoms with Gasteiger partial charge < -0.3 is 14.8 Å². The fourth-order valence-electron chi connectivity index (χ4n) is 3.28. The van der Waals surface area contributed by atoms with Crippen molar-refractivity contribution in [3.63, 3.8) is 0 Å². The van der Waals surface area contributed by atoms with Crippen molar-refractivity contribution in [2.45, 2.75) is 13.8 Å². The Morgan fingerprint density at radius 3 is 2.40 bits per heavy atom. The fourth-order valence-corrected chi connectivity index (χ4v) is 3.28. The number of carbonyl (C=O) groups excluding carboxylic acids is 1. The number of imidazole rings is 1. The van der Waals surface area contributed by atoms with Gasteiger partial charge in [0, 0.05) is 11.8 Å². The minimum absolute atomic E-state index is 0.142. The van der Waals surface area contributed by atoms with Crippen LogP contribution in [0.3, 0.4) is 0 Å². The third kappa shape index (κ3) is 3.98. The van der Waals surface area contributed by atoms with Crippen LogP contribution in [-0.2, 0) is 4.79 Å². The molecular weight excluding hydrogens is 378 g/mol. The van der Waals surface area contributed by atoms with Gasteiger partial charge in [0.1, 0.15) is 17.2 Å². The fraction of sp³-hybridized carbons (Fsp3) is 0.167. The minimum Gasteiger partial charge on any atom is -0.490 e. The number of aromatic nitrogens is 2. The first-order valence-corrected chi connectivity index (χ1v) is 9.85. The third-order valence-corrected chi connectivity index (χ3v) is 4.66. The molecule has 2 aromatic heterocycles. The number of pyridine rings is 1. The molecule has 0 aliphatic heterocycles. The molecule has 0 aliphatic carbocycles. The van der Waals surface area contributed by atoms with Gasteiger partial charge in [-0.3, -0.25) is 9.20 Å². The van der Waals surface area contributed by atoms with E-state index in [9.17, 15) is 4.79 Å².